The Morgan fingerprint density at radius 3 is 1.27 bits per heavy atom. The number of rotatable bonds is 6. The van der Waals surface area contributed by atoms with Crippen LogP contribution in [0.25, 0.3) is 0 Å². The zero-order valence-corrected chi connectivity index (χ0v) is 19.6. The van der Waals surface area contributed by atoms with Crippen LogP contribution in [0.4, 0.5) is 0 Å². The summed E-state index contributed by atoms with van der Waals surface area (Å²) in [5.41, 5.74) is 1.25. The fourth-order valence-corrected chi connectivity index (χ4v) is 12.8. The lowest BCUT2D eigenvalue weighted by molar-refractivity contribution is 1.52. The number of hydrogen-bond donors (Lipinski definition) is 0. The Morgan fingerprint density at radius 1 is 0.600 bits per heavy atom. The summed E-state index contributed by atoms with van der Waals surface area (Å²) in [7, 11) is -0.839. The second kappa shape index (κ2) is 9.80. The van der Waals surface area contributed by atoms with Crippen LogP contribution in [-0.4, -0.2) is 11.2 Å². The maximum absolute atomic E-state index is 7.26. The molecule has 0 amide bonds. The molecule has 0 spiro atoms. The van der Waals surface area contributed by atoms with E-state index in [0.717, 1.165) is 6.16 Å². The molecule has 150 valence electrons. The van der Waals surface area contributed by atoms with Crippen LogP contribution in [-0.2, 0) is 0 Å². The van der Waals surface area contributed by atoms with Gasteiger partial charge in [-0.15, -0.1) is 0 Å². The predicted octanol–water partition coefficient (Wildman–Crippen LogP) is 6.81. The molecule has 0 radical (unpaired) electrons. The van der Waals surface area contributed by atoms with Crippen LogP contribution in [0, 0.1) is 0 Å². The monoisotopic (exact) mass is 446 g/mol. The molecule has 4 aromatic rings. The highest BCUT2D eigenvalue weighted by atomic mass is 35.7. The SMILES string of the molecule is CCP(Cl)C(c1ccccc1)=P(c1ccccc1)(c1ccccc1)c1ccccc1. The molecule has 1 atom stereocenters. The lowest BCUT2D eigenvalue weighted by Crippen LogP contribution is -2.30. The summed E-state index contributed by atoms with van der Waals surface area (Å²) in [4.78, 5) is 0. The van der Waals surface area contributed by atoms with Gasteiger partial charge in [0.2, 0.25) is 0 Å². The Bertz CT molecular complexity index is 1020. The highest BCUT2D eigenvalue weighted by Gasteiger charge is 2.33. The van der Waals surface area contributed by atoms with E-state index in [2.05, 4.69) is 128 Å². The first-order chi connectivity index (χ1) is 14.8. The van der Waals surface area contributed by atoms with E-state index in [1.54, 1.807) is 0 Å². The molecule has 0 saturated heterocycles. The van der Waals surface area contributed by atoms with Crippen molar-refractivity contribution in [1.29, 1.82) is 0 Å². The number of halogens is 1. The van der Waals surface area contributed by atoms with Crippen LogP contribution in [0.15, 0.2) is 121 Å². The van der Waals surface area contributed by atoms with Crippen LogP contribution < -0.4 is 15.9 Å². The fourth-order valence-electron chi connectivity index (χ4n) is 4.00. The van der Waals surface area contributed by atoms with Crippen molar-refractivity contribution in [2.24, 2.45) is 0 Å². The minimum atomic E-state index is -2.14. The Kier molecular flexibility index (Phi) is 6.91. The molecule has 0 saturated carbocycles. The molecule has 0 aromatic heterocycles. The summed E-state index contributed by atoms with van der Waals surface area (Å²) in [5.74, 6) is 0. The highest BCUT2D eigenvalue weighted by Crippen LogP contribution is 2.59. The van der Waals surface area contributed by atoms with Crippen molar-refractivity contribution < 1.29 is 0 Å². The van der Waals surface area contributed by atoms with Crippen molar-refractivity contribution in [3.63, 3.8) is 0 Å². The summed E-state index contributed by atoms with van der Waals surface area (Å²) in [6.45, 7) is 0.0612. The molecule has 0 aliphatic heterocycles. The van der Waals surface area contributed by atoms with E-state index in [4.69, 9.17) is 11.2 Å². The van der Waals surface area contributed by atoms with Gasteiger partial charge in [0.1, 0.15) is 0 Å². The first-order valence-corrected chi connectivity index (χ1v) is 14.4. The van der Waals surface area contributed by atoms with E-state index in [1.807, 2.05) is 0 Å². The number of benzene rings is 4. The molecular formula is C27H25ClP2. The molecular weight excluding hydrogens is 422 g/mol. The van der Waals surface area contributed by atoms with Crippen molar-refractivity contribution in [3.8, 4) is 0 Å². The topological polar surface area (TPSA) is 0 Å². The van der Waals surface area contributed by atoms with Crippen molar-refractivity contribution in [2.45, 2.75) is 6.92 Å². The number of hydrogen-bond acceptors (Lipinski definition) is 0. The molecule has 0 bridgehead atoms. The van der Waals surface area contributed by atoms with Crippen molar-refractivity contribution >= 4 is 46.3 Å². The van der Waals surface area contributed by atoms with Crippen LogP contribution in [0.5, 0.6) is 0 Å². The van der Waals surface area contributed by atoms with Crippen molar-refractivity contribution in [3.05, 3.63) is 127 Å². The van der Waals surface area contributed by atoms with Crippen LogP contribution in [0.2, 0.25) is 0 Å². The summed E-state index contributed by atoms with van der Waals surface area (Å²) in [6, 6.07) is 43.7. The van der Waals surface area contributed by atoms with Gasteiger partial charge >= 0.3 is 0 Å². The second-order valence-corrected chi connectivity index (χ2v) is 13.8. The zero-order chi connectivity index (χ0) is 20.8. The summed E-state index contributed by atoms with van der Waals surface area (Å²) in [5, 5.41) is 5.44. The van der Waals surface area contributed by atoms with Gasteiger partial charge < -0.3 is 0 Å². The molecule has 4 rings (SSSR count). The van der Waals surface area contributed by atoms with E-state index in [9.17, 15) is 0 Å². The van der Waals surface area contributed by atoms with E-state index in [-0.39, 0.29) is 0 Å². The minimum Gasteiger partial charge on any atom is -0.0911 e. The van der Waals surface area contributed by atoms with Gasteiger partial charge in [-0.3, -0.25) is 0 Å². The average molecular weight is 447 g/mol. The standard InChI is InChI=1S/C27H25ClP2/c1-2-29(28)27(23-15-7-3-8-16-23)30(24-17-9-4-10-18-24,25-19-11-5-12-20-25)26-21-13-6-14-22-26/h3-22H,2H2,1H3. The summed E-state index contributed by atoms with van der Waals surface area (Å²) >= 11 is 7.26. The Balaban J connectivity index is 2.29. The Labute approximate surface area is 186 Å². The molecule has 0 heterocycles. The first kappa shape index (κ1) is 21.1. The molecule has 0 aliphatic carbocycles. The van der Waals surface area contributed by atoms with E-state index in [1.165, 1.54) is 26.5 Å². The largest absolute Gasteiger partial charge is 0.0911 e. The molecule has 30 heavy (non-hydrogen) atoms. The van der Waals surface area contributed by atoms with Crippen LogP contribution in [0.3, 0.4) is 0 Å². The zero-order valence-electron chi connectivity index (χ0n) is 17.0. The third kappa shape index (κ3) is 3.93. The smallest absolute Gasteiger partial charge is 0.0226 e. The molecule has 3 heteroatoms. The van der Waals surface area contributed by atoms with Gasteiger partial charge in [0.25, 0.3) is 0 Å². The molecule has 0 nitrogen and oxygen atoms in total. The van der Waals surface area contributed by atoms with Gasteiger partial charge in [-0.2, -0.15) is 0 Å². The third-order valence-corrected chi connectivity index (χ3v) is 13.9. The normalized spacial score (nSPS) is 12.3. The fraction of sp³-hybridized carbons (Fsp3) is 0.0741. The maximum atomic E-state index is 7.26. The van der Waals surface area contributed by atoms with Gasteiger partial charge in [-0.05, 0) is 34.5 Å². The van der Waals surface area contributed by atoms with Gasteiger partial charge in [-0.25, -0.2) is 0 Å². The first-order valence-electron chi connectivity index (χ1n) is 10.2. The maximum Gasteiger partial charge on any atom is 0.0226 e. The lowest BCUT2D eigenvalue weighted by Gasteiger charge is -2.34. The molecule has 4 aromatic carbocycles. The van der Waals surface area contributed by atoms with Gasteiger partial charge in [0.15, 0.2) is 0 Å². The summed E-state index contributed by atoms with van der Waals surface area (Å²) in [6.07, 6.45) is 0.940. The second-order valence-electron chi connectivity index (χ2n) is 7.05. The Hall–Kier alpha value is -2.10. The van der Waals surface area contributed by atoms with E-state index in [0.29, 0.717) is 0 Å². The van der Waals surface area contributed by atoms with Crippen LogP contribution in [0.1, 0.15) is 12.5 Å². The third-order valence-electron chi connectivity index (χ3n) is 5.29. The van der Waals surface area contributed by atoms with Gasteiger partial charge in [-0.1, -0.05) is 139 Å². The molecule has 0 fully saturated rings. The molecule has 0 N–H and O–H groups in total. The van der Waals surface area contributed by atoms with E-state index < -0.39 is 14.2 Å². The lowest BCUT2D eigenvalue weighted by atomic mass is 10.2. The summed E-state index contributed by atoms with van der Waals surface area (Å²) < 4.78 is 0. The average Bonchev–Trinajstić information content (AvgIpc) is 2.84. The quantitative estimate of drug-likeness (QED) is 0.285. The predicted molar refractivity (Wildman–Crippen MR) is 139 cm³/mol. The molecule has 0 aliphatic rings. The van der Waals surface area contributed by atoms with Crippen LogP contribution >= 0.6 is 25.4 Å². The van der Waals surface area contributed by atoms with Gasteiger partial charge in [0.05, 0.1) is 0 Å². The minimum absolute atomic E-state index is 0.839. The van der Waals surface area contributed by atoms with Gasteiger partial charge in [0, 0.05) is 12.3 Å². The highest BCUT2D eigenvalue weighted by molar-refractivity contribution is 8.14. The molecule has 1 unspecified atom stereocenters. The van der Waals surface area contributed by atoms with Crippen molar-refractivity contribution in [2.75, 3.05) is 6.16 Å². The Morgan fingerprint density at radius 2 is 0.933 bits per heavy atom. The van der Waals surface area contributed by atoms with Crippen molar-refractivity contribution in [1.82, 2.24) is 0 Å². The van der Waals surface area contributed by atoms with E-state index >= 15 is 0 Å².